The second kappa shape index (κ2) is 3.62. The fourth-order valence-electron chi connectivity index (χ4n) is 3.06. The summed E-state index contributed by atoms with van der Waals surface area (Å²) in [4.78, 5) is 0. The molecule has 3 rings (SSSR count). The highest BCUT2D eigenvalue weighted by atomic mass is 14.4. The predicted octanol–water partition coefficient (Wildman–Crippen LogP) is 4.34. The third kappa shape index (κ3) is 1.53. The average molecular weight is 210 g/mol. The Morgan fingerprint density at radius 3 is 2.81 bits per heavy atom. The second-order valence-electron chi connectivity index (χ2n) is 5.21. The summed E-state index contributed by atoms with van der Waals surface area (Å²) in [5, 5.41) is 0. The first-order chi connectivity index (χ1) is 7.74. The van der Waals surface area contributed by atoms with Crippen LogP contribution in [-0.2, 0) is 0 Å². The number of allylic oxidation sites excluding steroid dienone is 10. The van der Waals surface area contributed by atoms with Crippen molar-refractivity contribution >= 4 is 0 Å². The van der Waals surface area contributed by atoms with Crippen molar-refractivity contribution < 1.29 is 0 Å². The van der Waals surface area contributed by atoms with Crippen molar-refractivity contribution in [2.75, 3.05) is 0 Å². The molecule has 0 N–H and O–H groups in total. The van der Waals surface area contributed by atoms with Gasteiger partial charge < -0.3 is 0 Å². The molecule has 0 radical (unpaired) electrons. The Morgan fingerprint density at radius 1 is 1.06 bits per heavy atom. The molecule has 0 aliphatic heterocycles. The van der Waals surface area contributed by atoms with Crippen molar-refractivity contribution in [3.8, 4) is 0 Å². The van der Waals surface area contributed by atoms with Gasteiger partial charge in [-0.2, -0.15) is 0 Å². The summed E-state index contributed by atoms with van der Waals surface area (Å²) in [6, 6.07) is 0. The van der Waals surface area contributed by atoms with Gasteiger partial charge in [-0.25, -0.2) is 0 Å². The molecule has 0 aromatic rings. The molecule has 0 fully saturated rings. The van der Waals surface area contributed by atoms with Crippen LogP contribution in [0.1, 0.15) is 26.7 Å². The van der Waals surface area contributed by atoms with Crippen molar-refractivity contribution in [2.45, 2.75) is 26.7 Å². The Hall–Kier alpha value is -1.30. The summed E-state index contributed by atoms with van der Waals surface area (Å²) in [7, 11) is 0. The molecule has 82 valence electrons. The van der Waals surface area contributed by atoms with E-state index in [1.807, 2.05) is 0 Å². The van der Waals surface area contributed by atoms with E-state index >= 15 is 0 Å². The zero-order chi connectivity index (χ0) is 11.1. The van der Waals surface area contributed by atoms with Crippen LogP contribution >= 0.6 is 0 Å². The molecule has 2 atom stereocenters. The smallest absolute Gasteiger partial charge is 0.00869 e. The van der Waals surface area contributed by atoms with Gasteiger partial charge in [0.25, 0.3) is 0 Å². The SMILES string of the molecule is CC1=CCC2=C(C=C1)C1C=CC(C)=CC1C2. The first-order valence-corrected chi connectivity index (χ1v) is 6.17. The molecule has 0 spiro atoms. The molecule has 2 unspecified atom stereocenters. The van der Waals surface area contributed by atoms with E-state index in [1.165, 1.54) is 17.6 Å². The molecule has 0 aromatic carbocycles. The van der Waals surface area contributed by atoms with Crippen LogP contribution in [0.5, 0.6) is 0 Å². The maximum absolute atomic E-state index is 2.45. The Morgan fingerprint density at radius 2 is 1.94 bits per heavy atom. The van der Waals surface area contributed by atoms with Crippen LogP contribution in [0.2, 0.25) is 0 Å². The highest BCUT2D eigenvalue weighted by molar-refractivity contribution is 5.46. The summed E-state index contributed by atoms with van der Waals surface area (Å²) in [6.45, 7) is 4.40. The summed E-state index contributed by atoms with van der Waals surface area (Å²) in [5.74, 6) is 1.38. The monoisotopic (exact) mass is 210 g/mol. The van der Waals surface area contributed by atoms with Gasteiger partial charge in [0.15, 0.2) is 0 Å². The number of hydrogen-bond acceptors (Lipinski definition) is 0. The minimum atomic E-state index is 0.647. The topological polar surface area (TPSA) is 0 Å². The zero-order valence-corrected chi connectivity index (χ0v) is 10.0. The summed E-state index contributed by atoms with van der Waals surface area (Å²) in [6.07, 6.45) is 16.5. The maximum Gasteiger partial charge on any atom is 0.00869 e. The van der Waals surface area contributed by atoms with Gasteiger partial charge in [0.2, 0.25) is 0 Å². The molecule has 0 nitrogen and oxygen atoms in total. The van der Waals surface area contributed by atoms with Gasteiger partial charge >= 0.3 is 0 Å². The minimum Gasteiger partial charge on any atom is -0.0775 e. The molecule has 0 bridgehead atoms. The van der Waals surface area contributed by atoms with E-state index < -0.39 is 0 Å². The van der Waals surface area contributed by atoms with Crippen molar-refractivity contribution in [3.05, 3.63) is 58.7 Å². The lowest BCUT2D eigenvalue weighted by atomic mass is 9.85. The Kier molecular flexibility index (Phi) is 2.24. The van der Waals surface area contributed by atoms with E-state index in [-0.39, 0.29) is 0 Å². The average Bonchev–Trinajstić information content (AvgIpc) is 2.50. The van der Waals surface area contributed by atoms with Gasteiger partial charge in [-0.1, -0.05) is 53.2 Å². The Labute approximate surface area is 97.7 Å². The zero-order valence-electron chi connectivity index (χ0n) is 10.0. The number of hydrogen-bond donors (Lipinski definition) is 0. The van der Waals surface area contributed by atoms with Gasteiger partial charge in [-0.3, -0.25) is 0 Å². The van der Waals surface area contributed by atoms with E-state index in [9.17, 15) is 0 Å². The fraction of sp³-hybridized carbons (Fsp3) is 0.375. The maximum atomic E-state index is 2.45. The van der Waals surface area contributed by atoms with E-state index in [2.05, 4.69) is 50.3 Å². The molecule has 16 heavy (non-hydrogen) atoms. The van der Waals surface area contributed by atoms with E-state index in [1.54, 1.807) is 11.1 Å². The first-order valence-electron chi connectivity index (χ1n) is 6.17. The number of fused-ring (bicyclic) bond motifs is 2. The lowest BCUT2D eigenvalue weighted by Gasteiger charge is -2.19. The molecular formula is C16H18. The van der Waals surface area contributed by atoms with Crippen LogP contribution in [0, 0.1) is 11.8 Å². The molecule has 3 aliphatic rings. The van der Waals surface area contributed by atoms with E-state index in [0.29, 0.717) is 5.92 Å². The van der Waals surface area contributed by atoms with Crippen molar-refractivity contribution in [3.63, 3.8) is 0 Å². The molecule has 3 aliphatic carbocycles. The van der Waals surface area contributed by atoms with Gasteiger partial charge in [0.05, 0.1) is 0 Å². The van der Waals surface area contributed by atoms with Crippen molar-refractivity contribution in [1.29, 1.82) is 0 Å². The third-order valence-corrected chi connectivity index (χ3v) is 3.95. The minimum absolute atomic E-state index is 0.647. The van der Waals surface area contributed by atoms with E-state index in [0.717, 1.165) is 12.3 Å². The Balaban J connectivity index is 1.95. The molecule has 0 amide bonds. The van der Waals surface area contributed by atoms with Crippen molar-refractivity contribution in [2.24, 2.45) is 11.8 Å². The van der Waals surface area contributed by atoms with Crippen LogP contribution < -0.4 is 0 Å². The van der Waals surface area contributed by atoms with Crippen LogP contribution in [0.15, 0.2) is 58.7 Å². The largest absolute Gasteiger partial charge is 0.0775 e. The van der Waals surface area contributed by atoms with Gasteiger partial charge in [0, 0.05) is 5.92 Å². The lowest BCUT2D eigenvalue weighted by molar-refractivity contribution is 0.574. The summed E-state index contributed by atoms with van der Waals surface area (Å²) in [5.41, 5.74) is 6.06. The van der Waals surface area contributed by atoms with Gasteiger partial charge in [-0.05, 0) is 38.2 Å². The molecule has 0 saturated carbocycles. The van der Waals surface area contributed by atoms with Gasteiger partial charge in [0.1, 0.15) is 0 Å². The molecular weight excluding hydrogens is 192 g/mol. The molecule has 0 heterocycles. The quantitative estimate of drug-likeness (QED) is 0.558. The predicted molar refractivity (Wildman–Crippen MR) is 69.0 cm³/mol. The normalized spacial score (nSPS) is 31.9. The van der Waals surface area contributed by atoms with Crippen LogP contribution in [0.25, 0.3) is 0 Å². The highest BCUT2D eigenvalue weighted by Crippen LogP contribution is 2.44. The highest BCUT2D eigenvalue weighted by Gasteiger charge is 2.31. The van der Waals surface area contributed by atoms with Crippen LogP contribution in [-0.4, -0.2) is 0 Å². The molecule has 0 aromatic heterocycles. The second-order valence-corrected chi connectivity index (χ2v) is 5.21. The summed E-state index contributed by atoms with van der Waals surface area (Å²) >= 11 is 0. The molecule has 0 heteroatoms. The lowest BCUT2D eigenvalue weighted by Crippen LogP contribution is -2.09. The van der Waals surface area contributed by atoms with Crippen LogP contribution in [0.3, 0.4) is 0 Å². The Bertz CT molecular complexity index is 466. The number of rotatable bonds is 0. The van der Waals surface area contributed by atoms with Crippen LogP contribution in [0.4, 0.5) is 0 Å². The summed E-state index contributed by atoms with van der Waals surface area (Å²) < 4.78 is 0. The standard InChI is InChI=1S/C16H18/c1-11-3-6-13-10-14-9-12(2)5-8-16(14)15(13)7-4-11/h3-5,7-9,14,16H,6,10H2,1-2H3. The fourth-order valence-corrected chi connectivity index (χ4v) is 3.06. The van der Waals surface area contributed by atoms with E-state index in [4.69, 9.17) is 0 Å². The van der Waals surface area contributed by atoms with Crippen molar-refractivity contribution in [1.82, 2.24) is 0 Å². The van der Waals surface area contributed by atoms with Gasteiger partial charge in [-0.15, -0.1) is 0 Å². The molecule has 0 saturated heterocycles. The third-order valence-electron chi connectivity index (χ3n) is 3.95. The first kappa shape index (κ1) is 9.89.